The van der Waals surface area contributed by atoms with Crippen molar-refractivity contribution in [1.29, 1.82) is 0 Å². The van der Waals surface area contributed by atoms with Gasteiger partial charge in [-0.3, -0.25) is 0 Å². The Morgan fingerprint density at radius 3 is 2.68 bits per heavy atom. The van der Waals surface area contributed by atoms with Gasteiger partial charge in [0.2, 0.25) is 0 Å². The fraction of sp³-hybridized carbons (Fsp3) is 0.533. The molecule has 0 atom stereocenters. The van der Waals surface area contributed by atoms with Crippen LogP contribution in [-0.4, -0.2) is 25.7 Å². The molecule has 1 saturated carbocycles. The Balaban J connectivity index is 2.14. The van der Waals surface area contributed by atoms with Crippen LogP contribution in [0.4, 0.5) is 11.4 Å². The maximum absolute atomic E-state index is 11.6. The Kier molecular flexibility index (Phi) is 4.30. The molecule has 1 aliphatic carbocycles. The van der Waals surface area contributed by atoms with E-state index in [1.165, 1.54) is 12.8 Å². The predicted octanol–water partition coefficient (Wildman–Crippen LogP) is 2.68. The van der Waals surface area contributed by atoms with Gasteiger partial charge in [0.25, 0.3) is 0 Å². The monoisotopic (exact) mass is 262 g/mol. The largest absolute Gasteiger partial charge is 0.462 e. The number of anilines is 2. The average Bonchev–Trinajstić information content (AvgIpc) is 3.20. The number of hydrogen-bond acceptors (Lipinski definition) is 4. The van der Waals surface area contributed by atoms with E-state index in [9.17, 15) is 4.79 Å². The molecule has 19 heavy (non-hydrogen) atoms. The highest BCUT2D eigenvalue weighted by Crippen LogP contribution is 2.33. The van der Waals surface area contributed by atoms with Gasteiger partial charge in [-0.2, -0.15) is 0 Å². The van der Waals surface area contributed by atoms with E-state index in [4.69, 9.17) is 10.5 Å². The van der Waals surface area contributed by atoms with Gasteiger partial charge >= 0.3 is 5.97 Å². The normalized spacial score (nSPS) is 14.2. The minimum Gasteiger partial charge on any atom is -0.462 e. The topological polar surface area (TPSA) is 55.6 Å². The lowest BCUT2D eigenvalue weighted by Crippen LogP contribution is -2.26. The van der Waals surface area contributed by atoms with Crippen LogP contribution in [0.1, 0.15) is 37.0 Å². The minimum atomic E-state index is -0.314. The van der Waals surface area contributed by atoms with Crippen LogP contribution in [0.3, 0.4) is 0 Å². The lowest BCUT2D eigenvalue weighted by molar-refractivity contribution is 0.0526. The van der Waals surface area contributed by atoms with Gasteiger partial charge in [-0.25, -0.2) is 4.79 Å². The molecule has 0 bridgehead atoms. The summed E-state index contributed by atoms with van der Waals surface area (Å²) in [6.07, 6.45) is 2.63. The molecule has 1 fully saturated rings. The van der Waals surface area contributed by atoms with Crippen molar-refractivity contribution in [2.45, 2.75) is 26.7 Å². The number of carbonyl (C=O) groups is 1. The predicted molar refractivity (Wildman–Crippen MR) is 77.4 cm³/mol. The number of nitrogen functional groups attached to an aromatic ring is 1. The van der Waals surface area contributed by atoms with E-state index < -0.39 is 0 Å². The van der Waals surface area contributed by atoms with Crippen LogP contribution in [0.25, 0.3) is 0 Å². The smallest absolute Gasteiger partial charge is 0.338 e. The van der Waals surface area contributed by atoms with Crippen LogP contribution < -0.4 is 10.6 Å². The third kappa shape index (κ3) is 3.40. The molecule has 1 aromatic carbocycles. The van der Waals surface area contributed by atoms with E-state index in [0.717, 1.165) is 24.7 Å². The standard InChI is InChI=1S/C15H22N2O2/c1-3-17(10-11-5-6-11)14-8-7-12(9-13(14)16)15(18)19-4-2/h7-9,11H,3-6,10,16H2,1-2H3. The maximum Gasteiger partial charge on any atom is 0.338 e. The van der Waals surface area contributed by atoms with Crippen LogP contribution in [0.15, 0.2) is 18.2 Å². The zero-order chi connectivity index (χ0) is 13.8. The van der Waals surface area contributed by atoms with Gasteiger partial charge < -0.3 is 15.4 Å². The number of nitrogens with zero attached hydrogens (tertiary/aromatic N) is 1. The van der Waals surface area contributed by atoms with E-state index in [1.54, 1.807) is 19.1 Å². The molecule has 0 aliphatic heterocycles. The van der Waals surface area contributed by atoms with E-state index in [-0.39, 0.29) is 5.97 Å². The van der Waals surface area contributed by atoms with Gasteiger partial charge in [0.15, 0.2) is 0 Å². The summed E-state index contributed by atoms with van der Waals surface area (Å²) in [5, 5.41) is 0. The molecule has 104 valence electrons. The summed E-state index contributed by atoms with van der Waals surface area (Å²) in [6, 6.07) is 5.43. The summed E-state index contributed by atoms with van der Waals surface area (Å²) < 4.78 is 4.98. The maximum atomic E-state index is 11.6. The number of hydrogen-bond donors (Lipinski definition) is 1. The van der Waals surface area contributed by atoms with E-state index in [2.05, 4.69) is 11.8 Å². The third-order valence-electron chi connectivity index (χ3n) is 3.44. The van der Waals surface area contributed by atoms with Crippen molar-refractivity contribution in [2.75, 3.05) is 30.3 Å². The number of benzene rings is 1. The Bertz CT molecular complexity index is 455. The first kappa shape index (κ1) is 13.7. The molecular weight excluding hydrogens is 240 g/mol. The second kappa shape index (κ2) is 5.95. The molecular formula is C15H22N2O2. The van der Waals surface area contributed by atoms with Gasteiger partial charge in [-0.15, -0.1) is 0 Å². The van der Waals surface area contributed by atoms with Crippen molar-refractivity contribution in [1.82, 2.24) is 0 Å². The minimum absolute atomic E-state index is 0.314. The van der Waals surface area contributed by atoms with Crippen LogP contribution in [-0.2, 0) is 4.74 Å². The average molecular weight is 262 g/mol. The van der Waals surface area contributed by atoms with E-state index in [0.29, 0.717) is 17.9 Å². The van der Waals surface area contributed by atoms with E-state index >= 15 is 0 Å². The molecule has 0 radical (unpaired) electrons. The number of nitrogens with two attached hydrogens (primary N) is 1. The molecule has 1 aliphatic rings. The third-order valence-corrected chi connectivity index (χ3v) is 3.44. The van der Waals surface area contributed by atoms with Crippen LogP contribution in [0, 0.1) is 5.92 Å². The van der Waals surface area contributed by atoms with Crippen molar-refractivity contribution in [3.05, 3.63) is 23.8 Å². The van der Waals surface area contributed by atoms with Gasteiger partial charge in [0.05, 0.1) is 23.5 Å². The highest BCUT2D eigenvalue weighted by molar-refractivity contribution is 5.92. The molecule has 0 spiro atoms. The Morgan fingerprint density at radius 1 is 1.42 bits per heavy atom. The molecule has 0 amide bonds. The lowest BCUT2D eigenvalue weighted by atomic mass is 10.1. The number of esters is 1. The number of ether oxygens (including phenoxy) is 1. The summed E-state index contributed by atoms with van der Waals surface area (Å²) in [6.45, 7) is 6.29. The molecule has 0 saturated heterocycles. The van der Waals surface area contributed by atoms with Crippen molar-refractivity contribution < 1.29 is 9.53 Å². The molecule has 0 heterocycles. The zero-order valence-electron chi connectivity index (χ0n) is 11.7. The fourth-order valence-electron chi connectivity index (χ4n) is 2.19. The highest BCUT2D eigenvalue weighted by Gasteiger charge is 2.24. The first-order valence-electron chi connectivity index (χ1n) is 6.97. The number of carbonyl (C=O) groups excluding carboxylic acids is 1. The highest BCUT2D eigenvalue weighted by atomic mass is 16.5. The van der Waals surface area contributed by atoms with E-state index in [1.807, 2.05) is 6.07 Å². The van der Waals surface area contributed by atoms with Gasteiger partial charge in [0.1, 0.15) is 0 Å². The van der Waals surface area contributed by atoms with Crippen molar-refractivity contribution >= 4 is 17.3 Å². The zero-order valence-corrected chi connectivity index (χ0v) is 11.7. The van der Waals surface area contributed by atoms with Gasteiger partial charge in [-0.1, -0.05) is 0 Å². The van der Waals surface area contributed by atoms with Gasteiger partial charge in [-0.05, 0) is 50.8 Å². The van der Waals surface area contributed by atoms with Crippen molar-refractivity contribution in [3.63, 3.8) is 0 Å². The van der Waals surface area contributed by atoms with Crippen LogP contribution >= 0.6 is 0 Å². The second-order valence-electron chi connectivity index (χ2n) is 4.98. The summed E-state index contributed by atoms with van der Waals surface area (Å²) in [5.74, 6) is 0.495. The molecule has 4 heteroatoms. The molecule has 2 N–H and O–H groups in total. The Hall–Kier alpha value is -1.71. The van der Waals surface area contributed by atoms with Crippen LogP contribution in [0.2, 0.25) is 0 Å². The number of rotatable bonds is 6. The molecule has 0 aromatic heterocycles. The second-order valence-corrected chi connectivity index (χ2v) is 4.98. The lowest BCUT2D eigenvalue weighted by Gasteiger charge is -2.24. The molecule has 0 unspecified atom stereocenters. The molecule has 4 nitrogen and oxygen atoms in total. The Morgan fingerprint density at radius 2 is 2.16 bits per heavy atom. The summed E-state index contributed by atoms with van der Waals surface area (Å²) >= 11 is 0. The SMILES string of the molecule is CCOC(=O)c1ccc(N(CC)CC2CC2)c(N)c1. The molecule has 2 rings (SSSR count). The fourth-order valence-corrected chi connectivity index (χ4v) is 2.19. The molecule has 1 aromatic rings. The van der Waals surface area contributed by atoms with Crippen LogP contribution in [0.5, 0.6) is 0 Å². The quantitative estimate of drug-likeness (QED) is 0.632. The van der Waals surface area contributed by atoms with Crippen molar-refractivity contribution in [2.24, 2.45) is 5.92 Å². The van der Waals surface area contributed by atoms with Gasteiger partial charge in [0, 0.05) is 13.1 Å². The summed E-state index contributed by atoms with van der Waals surface area (Å²) in [4.78, 5) is 13.9. The Labute approximate surface area is 114 Å². The summed E-state index contributed by atoms with van der Waals surface area (Å²) in [7, 11) is 0. The first-order valence-corrected chi connectivity index (χ1v) is 6.97. The summed E-state index contributed by atoms with van der Waals surface area (Å²) in [5.41, 5.74) is 8.26. The van der Waals surface area contributed by atoms with Crippen molar-refractivity contribution in [3.8, 4) is 0 Å². The first-order chi connectivity index (χ1) is 9.15.